The van der Waals surface area contributed by atoms with Gasteiger partial charge in [-0.25, -0.2) is 0 Å². The standard InChI is InChI=1S/C19H21Cl2N3O2/c1-13-2-7-16(20)19(18(13)21)22-17(26)12-23-8-10-24(11-9-23)14-3-5-15(25)6-4-14/h2-7,25H,8-12H2,1H3,(H,22,26). The van der Waals surface area contributed by atoms with Gasteiger partial charge in [-0.1, -0.05) is 29.3 Å². The first-order chi connectivity index (χ1) is 12.4. The summed E-state index contributed by atoms with van der Waals surface area (Å²) in [5, 5.41) is 13.1. The summed E-state index contributed by atoms with van der Waals surface area (Å²) >= 11 is 12.4. The molecule has 0 aliphatic carbocycles. The predicted molar refractivity (Wildman–Crippen MR) is 107 cm³/mol. The van der Waals surface area contributed by atoms with E-state index < -0.39 is 0 Å². The van der Waals surface area contributed by atoms with Gasteiger partial charge in [0.15, 0.2) is 0 Å². The maximum absolute atomic E-state index is 12.4. The maximum Gasteiger partial charge on any atom is 0.238 e. The summed E-state index contributed by atoms with van der Waals surface area (Å²) in [5.74, 6) is 0.134. The summed E-state index contributed by atoms with van der Waals surface area (Å²) in [7, 11) is 0. The second-order valence-corrected chi connectivity index (χ2v) is 7.17. The van der Waals surface area contributed by atoms with Crippen LogP contribution in [-0.2, 0) is 4.79 Å². The van der Waals surface area contributed by atoms with Crippen LogP contribution in [0.5, 0.6) is 5.75 Å². The molecule has 138 valence electrons. The van der Waals surface area contributed by atoms with E-state index in [1.54, 1.807) is 18.2 Å². The number of carbonyl (C=O) groups is 1. The Kier molecular flexibility index (Phi) is 5.91. The molecule has 1 fully saturated rings. The van der Waals surface area contributed by atoms with Crippen LogP contribution in [0.15, 0.2) is 36.4 Å². The van der Waals surface area contributed by atoms with Gasteiger partial charge in [0, 0.05) is 31.9 Å². The topological polar surface area (TPSA) is 55.8 Å². The van der Waals surface area contributed by atoms with Crippen molar-refractivity contribution in [3.8, 4) is 5.75 Å². The summed E-state index contributed by atoms with van der Waals surface area (Å²) in [6, 6.07) is 10.7. The minimum absolute atomic E-state index is 0.127. The number of rotatable bonds is 4. The van der Waals surface area contributed by atoms with Crippen molar-refractivity contribution in [3.63, 3.8) is 0 Å². The minimum Gasteiger partial charge on any atom is -0.508 e. The maximum atomic E-state index is 12.4. The molecule has 2 aromatic rings. The van der Waals surface area contributed by atoms with Crippen LogP contribution in [0.2, 0.25) is 10.0 Å². The van der Waals surface area contributed by atoms with E-state index in [1.165, 1.54) is 0 Å². The molecule has 26 heavy (non-hydrogen) atoms. The number of hydrogen-bond donors (Lipinski definition) is 2. The normalized spacial score (nSPS) is 15.1. The Labute approximate surface area is 163 Å². The van der Waals surface area contributed by atoms with Gasteiger partial charge in [-0.05, 0) is 42.8 Å². The molecule has 0 bridgehead atoms. The molecule has 0 unspecified atom stereocenters. The SMILES string of the molecule is Cc1ccc(Cl)c(NC(=O)CN2CCN(c3ccc(O)cc3)CC2)c1Cl. The molecule has 1 aliphatic rings. The quantitative estimate of drug-likeness (QED) is 0.829. The fourth-order valence-corrected chi connectivity index (χ4v) is 3.45. The van der Waals surface area contributed by atoms with Crippen molar-refractivity contribution in [2.45, 2.75) is 6.92 Å². The molecule has 0 aromatic heterocycles. The second-order valence-electron chi connectivity index (χ2n) is 6.38. The fraction of sp³-hybridized carbons (Fsp3) is 0.316. The van der Waals surface area contributed by atoms with E-state index in [-0.39, 0.29) is 11.7 Å². The van der Waals surface area contributed by atoms with Gasteiger partial charge in [0.25, 0.3) is 0 Å². The number of phenolic OH excluding ortho intramolecular Hbond substituents is 1. The first-order valence-corrected chi connectivity index (χ1v) is 9.20. The minimum atomic E-state index is -0.127. The molecule has 0 spiro atoms. The van der Waals surface area contributed by atoms with E-state index in [9.17, 15) is 9.90 Å². The summed E-state index contributed by atoms with van der Waals surface area (Å²) in [6.07, 6.45) is 0. The average molecular weight is 394 g/mol. The van der Waals surface area contributed by atoms with Crippen LogP contribution in [0.25, 0.3) is 0 Å². The molecule has 0 atom stereocenters. The van der Waals surface area contributed by atoms with Crippen molar-refractivity contribution in [2.75, 3.05) is 42.9 Å². The number of hydrogen-bond acceptors (Lipinski definition) is 4. The molecular formula is C19H21Cl2N3O2. The molecular weight excluding hydrogens is 373 g/mol. The van der Waals surface area contributed by atoms with E-state index in [0.29, 0.717) is 22.3 Å². The first kappa shape index (κ1) is 18.8. The predicted octanol–water partition coefficient (Wildman–Crippen LogP) is 3.77. The number of nitrogens with one attached hydrogen (secondary N) is 1. The third kappa shape index (κ3) is 4.41. The number of halogens is 2. The zero-order valence-electron chi connectivity index (χ0n) is 14.5. The lowest BCUT2D eigenvalue weighted by Gasteiger charge is -2.35. The highest BCUT2D eigenvalue weighted by Gasteiger charge is 2.20. The Morgan fingerprint density at radius 1 is 1.08 bits per heavy atom. The van der Waals surface area contributed by atoms with Gasteiger partial charge in [-0.3, -0.25) is 9.69 Å². The van der Waals surface area contributed by atoms with Crippen LogP contribution in [-0.4, -0.2) is 48.6 Å². The zero-order chi connectivity index (χ0) is 18.7. The molecule has 0 radical (unpaired) electrons. The van der Waals surface area contributed by atoms with Crippen LogP contribution in [0.3, 0.4) is 0 Å². The number of anilines is 2. The third-order valence-electron chi connectivity index (χ3n) is 4.50. The van der Waals surface area contributed by atoms with Crippen LogP contribution in [0.1, 0.15) is 5.56 Å². The second kappa shape index (κ2) is 8.16. The number of phenols is 1. The van der Waals surface area contributed by atoms with Gasteiger partial charge in [-0.2, -0.15) is 0 Å². The largest absolute Gasteiger partial charge is 0.508 e. The van der Waals surface area contributed by atoms with Crippen molar-refractivity contribution in [2.24, 2.45) is 0 Å². The first-order valence-electron chi connectivity index (χ1n) is 8.45. The van der Waals surface area contributed by atoms with Gasteiger partial charge in [0.1, 0.15) is 5.75 Å². The van der Waals surface area contributed by atoms with Crippen LogP contribution >= 0.6 is 23.2 Å². The van der Waals surface area contributed by atoms with E-state index in [4.69, 9.17) is 23.2 Å². The van der Waals surface area contributed by atoms with Crippen LogP contribution in [0.4, 0.5) is 11.4 Å². The molecule has 7 heteroatoms. The number of nitrogens with zero attached hydrogens (tertiary/aromatic N) is 2. The molecule has 1 saturated heterocycles. The number of piperazine rings is 1. The lowest BCUT2D eigenvalue weighted by molar-refractivity contribution is -0.117. The highest BCUT2D eigenvalue weighted by molar-refractivity contribution is 6.40. The van der Waals surface area contributed by atoms with Gasteiger partial charge >= 0.3 is 0 Å². The van der Waals surface area contributed by atoms with Crippen molar-refractivity contribution in [1.29, 1.82) is 0 Å². The molecule has 2 N–H and O–H groups in total. The van der Waals surface area contributed by atoms with Gasteiger partial charge in [0.05, 0.1) is 22.3 Å². The van der Waals surface area contributed by atoms with Crippen molar-refractivity contribution >= 4 is 40.5 Å². The number of aromatic hydroxyl groups is 1. The Morgan fingerprint density at radius 2 is 1.73 bits per heavy atom. The molecule has 1 aliphatic heterocycles. The zero-order valence-corrected chi connectivity index (χ0v) is 16.0. The van der Waals surface area contributed by atoms with Gasteiger partial charge in [-0.15, -0.1) is 0 Å². The van der Waals surface area contributed by atoms with E-state index >= 15 is 0 Å². The molecule has 1 amide bonds. The summed E-state index contributed by atoms with van der Waals surface area (Å²) in [4.78, 5) is 16.7. The highest BCUT2D eigenvalue weighted by Crippen LogP contribution is 2.32. The van der Waals surface area contributed by atoms with Gasteiger partial charge in [0.2, 0.25) is 5.91 Å². The molecule has 0 saturated carbocycles. The monoisotopic (exact) mass is 393 g/mol. The van der Waals surface area contributed by atoms with E-state index in [0.717, 1.165) is 37.4 Å². The Balaban J connectivity index is 1.54. The summed E-state index contributed by atoms with van der Waals surface area (Å²) < 4.78 is 0. The Morgan fingerprint density at radius 3 is 2.38 bits per heavy atom. The molecule has 2 aromatic carbocycles. The highest BCUT2D eigenvalue weighted by atomic mass is 35.5. The van der Waals surface area contributed by atoms with Crippen molar-refractivity contribution < 1.29 is 9.90 Å². The van der Waals surface area contributed by atoms with Crippen LogP contribution < -0.4 is 10.2 Å². The number of aryl methyl sites for hydroxylation is 1. The van der Waals surface area contributed by atoms with Gasteiger partial charge < -0.3 is 15.3 Å². The summed E-state index contributed by atoms with van der Waals surface area (Å²) in [5.41, 5.74) is 2.42. The van der Waals surface area contributed by atoms with Crippen molar-refractivity contribution in [3.05, 3.63) is 52.0 Å². The average Bonchev–Trinajstić information content (AvgIpc) is 2.63. The third-order valence-corrected chi connectivity index (χ3v) is 5.31. The number of amides is 1. The van der Waals surface area contributed by atoms with Crippen molar-refractivity contribution in [1.82, 2.24) is 4.90 Å². The van der Waals surface area contributed by atoms with Crippen LogP contribution in [0, 0.1) is 6.92 Å². The summed E-state index contributed by atoms with van der Waals surface area (Å²) in [6.45, 7) is 5.38. The lowest BCUT2D eigenvalue weighted by atomic mass is 10.2. The smallest absolute Gasteiger partial charge is 0.238 e. The Hall–Kier alpha value is -1.95. The lowest BCUT2D eigenvalue weighted by Crippen LogP contribution is -2.48. The number of carbonyl (C=O) groups excluding carboxylic acids is 1. The van der Waals surface area contributed by atoms with E-state index in [1.807, 2.05) is 25.1 Å². The molecule has 1 heterocycles. The molecule has 3 rings (SSSR count). The number of benzene rings is 2. The molecule has 5 nitrogen and oxygen atoms in total. The Bertz CT molecular complexity index is 788. The van der Waals surface area contributed by atoms with E-state index in [2.05, 4.69) is 15.1 Å². The fourth-order valence-electron chi connectivity index (χ4n) is 2.98.